The maximum atomic E-state index is 13.8. The maximum Gasteiger partial charge on any atom is 0.417 e. The minimum absolute atomic E-state index is 0.0386. The minimum atomic E-state index is -4.48. The van der Waals surface area contributed by atoms with Gasteiger partial charge in [0.15, 0.2) is 11.6 Å². The average Bonchev–Trinajstić information content (AvgIpc) is 3.45. The van der Waals surface area contributed by atoms with Gasteiger partial charge in [-0.2, -0.15) is 13.2 Å². The van der Waals surface area contributed by atoms with Crippen molar-refractivity contribution >= 4 is 5.91 Å². The van der Waals surface area contributed by atoms with Gasteiger partial charge in [-0.3, -0.25) is 4.79 Å². The number of ether oxygens (including phenoxy) is 2. The number of rotatable bonds is 7. The SMILES string of the molecule is C[C@@H]1[C@H]2C[C@@H](Oc3ccc(C(F)(F)F)cn3)[C@H](C2)N1C(=O)c1ccccc1-c1ncc(OCCF)cn1. The molecule has 37 heavy (non-hydrogen) atoms. The van der Waals surface area contributed by atoms with Crippen LogP contribution in [0, 0.1) is 5.92 Å². The van der Waals surface area contributed by atoms with Gasteiger partial charge in [0.25, 0.3) is 5.91 Å². The lowest BCUT2D eigenvalue weighted by atomic mass is 9.97. The van der Waals surface area contributed by atoms with Crippen molar-refractivity contribution < 1.29 is 31.8 Å². The number of hydrogen-bond acceptors (Lipinski definition) is 6. The summed E-state index contributed by atoms with van der Waals surface area (Å²) in [5.41, 5.74) is 0.117. The number of aromatic nitrogens is 3. The number of hydrogen-bond donors (Lipinski definition) is 0. The van der Waals surface area contributed by atoms with Crippen LogP contribution < -0.4 is 9.47 Å². The molecule has 0 N–H and O–H groups in total. The zero-order valence-corrected chi connectivity index (χ0v) is 19.9. The standard InChI is InChI=1S/C26H24F4N4O3/c1-15-16-10-21(22(11-16)37-23-7-6-17(12-31-23)26(28,29)30)34(15)25(35)20-5-3-2-4-19(20)24-32-13-18(14-33-24)36-9-8-27/h2-7,12-16,21-22H,8-11H2,1H3/t15-,16-,21+,22-/m1/s1. The summed E-state index contributed by atoms with van der Waals surface area (Å²) < 4.78 is 62.1. The predicted molar refractivity (Wildman–Crippen MR) is 125 cm³/mol. The molecule has 0 radical (unpaired) electrons. The van der Waals surface area contributed by atoms with E-state index in [1.165, 1.54) is 18.5 Å². The second kappa shape index (κ2) is 9.95. The highest BCUT2D eigenvalue weighted by molar-refractivity contribution is 6.00. The van der Waals surface area contributed by atoms with E-state index < -0.39 is 18.4 Å². The van der Waals surface area contributed by atoms with Crippen LogP contribution in [-0.4, -0.2) is 57.2 Å². The first-order valence-corrected chi connectivity index (χ1v) is 11.9. The van der Waals surface area contributed by atoms with Crippen LogP contribution in [-0.2, 0) is 6.18 Å². The Labute approximate surface area is 210 Å². The quantitative estimate of drug-likeness (QED) is 0.413. The molecule has 3 aromatic rings. The van der Waals surface area contributed by atoms with E-state index in [9.17, 15) is 22.4 Å². The molecule has 3 heterocycles. The zero-order chi connectivity index (χ0) is 26.2. The molecule has 5 rings (SSSR count). The highest BCUT2D eigenvalue weighted by Crippen LogP contribution is 2.45. The molecule has 1 amide bonds. The molecule has 1 aromatic carbocycles. The van der Waals surface area contributed by atoms with Crippen molar-refractivity contribution in [2.24, 2.45) is 5.92 Å². The first-order chi connectivity index (χ1) is 17.8. The fourth-order valence-electron chi connectivity index (χ4n) is 5.15. The maximum absolute atomic E-state index is 13.8. The summed E-state index contributed by atoms with van der Waals surface area (Å²) in [6.45, 7) is 1.26. The molecule has 0 spiro atoms. The van der Waals surface area contributed by atoms with E-state index in [1.54, 1.807) is 29.2 Å². The number of carbonyl (C=O) groups excluding carboxylic acids is 1. The Morgan fingerprint density at radius 3 is 2.46 bits per heavy atom. The average molecular weight is 516 g/mol. The smallest absolute Gasteiger partial charge is 0.417 e. The molecule has 1 saturated carbocycles. The molecule has 2 aliphatic rings. The zero-order valence-electron chi connectivity index (χ0n) is 19.9. The summed E-state index contributed by atoms with van der Waals surface area (Å²) in [4.78, 5) is 28.0. The molecular weight excluding hydrogens is 492 g/mol. The van der Waals surface area contributed by atoms with Gasteiger partial charge in [0, 0.05) is 23.9 Å². The van der Waals surface area contributed by atoms with Crippen LogP contribution in [0.15, 0.2) is 55.0 Å². The third kappa shape index (κ3) is 4.94. The number of fused-ring (bicyclic) bond motifs is 2. The van der Waals surface area contributed by atoms with Crippen LogP contribution in [0.2, 0.25) is 0 Å². The normalized spacial score (nSPS) is 22.8. The Morgan fingerprint density at radius 2 is 1.81 bits per heavy atom. The summed E-state index contributed by atoms with van der Waals surface area (Å²) in [6.07, 6.45) is 0.167. The Bertz CT molecular complexity index is 1250. The molecule has 11 heteroatoms. The van der Waals surface area contributed by atoms with Crippen LogP contribution in [0.5, 0.6) is 11.6 Å². The minimum Gasteiger partial charge on any atom is -0.488 e. The number of pyridine rings is 1. The van der Waals surface area contributed by atoms with Gasteiger partial charge in [0.2, 0.25) is 5.88 Å². The van der Waals surface area contributed by atoms with E-state index in [-0.39, 0.29) is 42.5 Å². The largest absolute Gasteiger partial charge is 0.488 e. The molecule has 194 valence electrons. The molecule has 2 bridgehead atoms. The van der Waals surface area contributed by atoms with E-state index in [1.807, 2.05) is 6.92 Å². The van der Waals surface area contributed by atoms with E-state index in [0.29, 0.717) is 29.1 Å². The number of likely N-dealkylation sites (tertiary alicyclic amines) is 1. The first kappa shape index (κ1) is 24.9. The van der Waals surface area contributed by atoms with Gasteiger partial charge in [0.05, 0.1) is 29.6 Å². The lowest BCUT2D eigenvalue weighted by Crippen LogP contribution is -2.51. The van der Waals surface area contributed by atoms with Gasteiger partial charge in [-0.25, -0.2) is 19.3 Å². The molecule has 0 unspecified atom stereocenters. The van der Waals surface area contributed by atoms with Crippen molar-refractivity contribution in [3.63, 3.8) is 0 Å². The molecule has 7 nitrogen and oxygen atoms in total. The van der Waals surface area contributed by atoms with Crippen LogP contribution in [0.3, 0.4) is 0 Å². The van der Waals surface area contributed by atoms with E-state index in [0.717, 1.165) is 18.7 Å². The van der Waals surface area contributed by atoms with Crippen LogP contribution in [0.1, 0.15) is 35.7 Å². The lowest BCUT2D eigenvalue weighted by Gasteiger charge is -2.38. The molecule has 2 fully saturated rings. The highest BCUT2D eigenvalue weighted by Gasteiger charge is 2.53. The lowest BCUT2D eigenvalue weighted by molar-refractivity contribution is -0.137. The second-order valence-electron chi connectivity index (χ2n) is 9.12. The number of alkyl halides is 4. The Morgan fingerprint density at radius 1 is 1.05 bits per heavy atom. The summed E-state index contributed by atoms with van der Waals surface area (Å²) in [5.74, 6) is 0.742. The van der Waals surface area contributed by atoms with E-state index in [4.69, 9.17) is 9.47 Å². The Hall–Kier alpha value is -3.76. The van der Waals surface area contributed by atoms with Crippen molar-refractivity contribution in [2.75, 3.05) is 13.3 Å². The molecule has 2 aromatic heterocycles. The third-order valence-corrected chi connectivity index (χ3v) is 6.93. The number of halogens is 4. The molecule has 1 saturated heterocycles. The van der Waals surface area contributed by atoms with Crippen molar-refractivity contribution in [2.45, 2.75) is 44.1 Å². The number of piperidine rings is 1. The fraction of sp³-hybridized carbons (Fsp3) is 0.385. The molecule has 4 atom stereocenters. The summed E-state index contributed by atoms with van der Waals surface area (Å²) in [6, 6.07) is 8.86. The Balaban J connectivity index is 1.36. The predicted octanol–water partition coefficient (Wildman–Crippen LogP) is 4.98. The molecule has 1 aliphatic heterocycles. The Kier molecular flexibility index (Phi) is 6.70. The first-order valence-electron chi connectivity index (χ1n) is 11.9. The van der Waals surface area contributed by atoms with Gasteiger partial charge < -0.3 is 14.4 Å². The van der Waals surface area contributed by atoms with Crippen molar-refractivity contribution in [3.05, 3.63) is 66.1 Å². The summed E-state index contributed by atoms with van der Waals surface area (Å²) in [5, 5.41) is 0. The van der Waals surface area contributed by atoms with Gasteiger partial charge in [-0.15, -0.1) is 0 Å². The van der Waals surface area contributed by atoms with Crippen LogP contribution >= 0.6 is 0 Å². The summed E-state index contributed by atoms with van der Waals surface area (Å²) >= 11 is 0. The summed E-state index contributed by atoms with van der Waals surface area (Å²) in [7, 11) is 0. The number of nitrogens with zero attached hydrogens (tertiary/aromatic N) is 4. The highest BCUT2D eigenvalue weighted by atomic mass is 19.4. The van der Waals surface area contributed by atoms with E-state index >= 15 is 0 Å². The van der Waals surface area contributed by atoms with Gasteiger partial charge in [-0.05, 0) is 37.8 Å². The second-order valence-corrected chi connectivity index (χ2v) is 9.12. The van der Waals surface area contributed by atoms with Crippen LogP contribution in [0.25, 0.3) is 11.4 Å². The van der Waals surface area contributed by atoms with Crippen molar-refractivity contribution in [3.8, 4) is 23.0 Å². The van der Waals surface area contributed by atoms with Crippen molar-refractivity contribution in [1.82, 2.24) is 19.9 Å². The fourth-order valence-corrected chi connectivity index (χ4v) is 5.15. The van der Waals surface area contributed by atoms with Gasteiger partial charge in [0.1, 0.15) is 19.4 Å². The van der Waals surface area contributed by atoms with Crippen LogP contribution in [0.4, 0.5) is 17.6 Å². The number of carbonyl (C=O) groups is 1. The van der Waals surface area contributed by atoms with E-state index in [2.05, 4.69) is 15.0 Å². The van der Waals surface area contributed by atoms with Gasteiger partial charge >= 0.3 is 6.18 Å². The molecular formula is C26H24F4N4O3. The third-order valence-electron chi connectivity index (χ3n) is 6.93. The molecule has 1 aliphatic carbocycles. The number of amides is 1. The van der Waals surface area contributed by atoms with Crippen molar-refractivity contribution in [1.29, 1.82) is 0 Å². The number of benzene rings is 1. The topological polar surface area (TPSA) is 77.4 Å². The monoisotopic (exact) mass is 516 g/mol. The van der Waals surface area contributed by atoms with Gasteiger partial charge in [-0.1, -0.05) is 18.2 Å².